The van der Waals surface area contributed by atoms with Crippen LogP contribution in [0.3, 0.4) is 0 Å². The third-order valence-electron chi connectivity index (χ3n) is 0. The predicted molar refractivity (Wildman–Crippen MR) is 46.0 cm³/mol. The van der Waals surface area contributed by atoms with Crippen LogP contribution in [0.4, 0.5) is 8.78 Å². The molecule has 0 amide bonds. The highest BCUT2D eigenvalue weighted by Gasteiger charge is 2.01. The van der Waals surface area contributed by atoms with Crippen molar-refractivity contribution in [3.8, 4) is 0 Å². The molecule has 0 atom stereocenters. The lowest BCUT2D eigenvalue weighted by Gasteiger charge is -1.99. The zero-order valence-electron chi connectivity index (χ0n) is 5.96. The van der Waals surface area contributed by atoms with Crippen molar-refractivity contribution < 1.29 is 8.78 Å². The molecule has 0 aliphatic carbocycles. The van der Waals surface area contributed by atoms with Crippen LogP contribution in [0.25, 0.3) is 0 Å². The van der Waals surface area contributed by atoms with Gasteiger partial charge in [0.25, 0.3) is 0 Å². The molecule has 0 bridgehead atoms. The second kappa shape index (κ2) is 11.6. The van der Waals surface area contributed by atoms with Crippen LogP contribution in [0.5, 0.6) is 0 Å². The molecule has 0 nitrogen and oxygen atoms in total. The Bertz CT molecular complexity index is 31.0. The van der Waals surface area contributed by atoms with Crippen molar-refractivity contribution in [3.05, 3.63) is 0 Å². The van der Waals surface area contributed by atoms with Crippen LogP contribution < -0.4 is 0 Å². The number of halogens is 2. The van der Waals surface area contributed by atoms with E-state index in [9.17, 15) is 8.78 Å². The van der Waals surface area contributed by atoms with Crippen LogP contribution in [0.2, 0.25) is 0 Å². The van der Waals surface area contributed by atoms with E-state index in [0.29, 0.717) is 0 Å². The number of alkyl halides is 2. The van der Waals surface area contributed by atoms with Crippen molar-refractivity contribution in [2.75, 3.05) is 6.67 Å². The van der Waals surface area contributed by atoms with E-state index in [0.717, 1.165) is 0 Å². The molecule has 68 valence electrons. The van der Waals surface area contributed by atoms with Crippen molar-refractivity contribution in [1.29, 1.82) is 0 Å². The van der Waals surface area contributed by atoms with Gasteiger partial charge >= 0.3 is 0 Å². The minimum absolute atomic E-state index is 0. The summed E-state index contributed by atoms with van der Waals surface area (Å²) >= 11 is 0. The van der Waals surface area contributed by atoms with Crippen molar-refractivity contribution in [1.82, 2.24) is 0 Å². The summed E-state index contributed by atoms with van der Waals surface area (Å²) < 4.78 is 22.0. The molecule has 0 aromatic carbocycles. The first-order chi connectivity index (χ1) is 3.41. The smallest absolute Gasteiger partial charge is 0.102 e. The molecule has 0 fully saturated rings. The van der Waals surface area contributed by atoms with Crippen LogP contribution in [-0.2, 0) is 0 Å². The maximum atomic E-state index is 11.7. The quantitative estimate of drug-likeness (QED) is 0.497. The van der Waals surface area contributed by atoms with Crippen LogP contribution in [0, 0.1) is 0 Å². The molecule has 10 heavy (non-hydrogen) atoms. The summed E-state index contributed by atoms with van der Waals surface area (Å²) in [6.07, 6.45) is 0. The Morgan fingerprint density at radius 3 is 1.10 bits per heavy atom. The Kier molecular flexibility index (Phi) is 26.2. The second-order valence-electron chi connectivity index (χ2n) is 2.33. The van der Waals surface area contributed by atoms with Crippen molar-refractivity contribution in [2.24, 2.45) is 0 Å². The molecule has 0 aromatic heterocycles. The van der Waals surface area contributed by atoms with Gasteiger partial charge in [-0.1, -0.05) is 14.9 Å². The van der Waals surface area contributed by atoms with Gasteiger partial charge in [-0.2, -0.15) is 0 Å². The summed E-state index contributed by atoms with van der Waals surface area (Å²) in [6.45, 7) is 5.77. The summed E-state index contributed by atoms with van der Waals surface area (Å²) in [5.74, 6) is 0. The molecule has 0 rings (SSSR count). The summed E-state index contributed by atoms with van der Waals surface area (Å²) in [7, 11) is 0. The minimum atomic E-state index is -1.00. The molecule has 0 unspecified atom stereocenters. The molecule has 0 aromatic rings. The van der Waals surface area contributed by atoms with Gasteiger partial charge in [0.1, 0.15) is 5.67 Å². The standard InChI is InChI=1S/C4H9F.C2H5F.2CH4/c1-4(2,3)5;1-2-3;;/h1-3H3;2H2,1H3;2*1H4. The average Bonchev–Trinajstić information content (AvgIpc) is 1.27. The fraction of sp³-hybridized carbons (Fsp3) is 1.00. The first-order valence-electron chi connectivity index (χ1n) is 2.66. The van der Waals surface area contributed by atoms with E-state index in [1.807, 2.05) is 0 Å². The van der Waals surface area contributed by atoms with E-state index in [2.05, 4.69) is 0 Å². The average molecular weight is 156 g/mol. The van der Waals surface area contributed by atoms with Gasteiger partial charge in [-0.25, -0.2) is 4.39 Å². The van der Waals surface area contributed by atoms with Gasteiger partial charge in [0.15, 0.2) is 0 Å². The largest absolute Gasteiger partial charge is 0.251 e. The topological polar surface area (TPSA) is 0 Å². The van der Waals surface area contributed by atoms with E-state index in [1.165, 1.54) is 27.7 Å². The zero-order chi connectivity index (χ0) is 7.21. The molecule has 0 saturated heterocycles. The third kappa shape index (κ3) is 18900. The van der Waals surface area contributed by atoms with Gasteiger partial charge in [0.2, 0.25) is 0 Å². The van der Waals surface area contributed by atoms with E-state index in [4.69, 9.17) is 0 Å². The Balaban J connectivity index is -0.0000000326. The third-order valence-corrected chi connectivity index (χ3v) is 0. The number of hydrogen-bond donors (Lipinski definition) is 0. The molecule has 0 spiro atoms. The van der Waals surface area contributed by atoms with Crippen LogP contribution in [0.15, 0.2) is 0 Å². The van der Waals surface area contributed by atoms with E-state index < -0.39 is 5.67 Å². The fourth-order valence-corrected chi connectivity index (χ4v) is 0. The lowest BCUT2D eigenvalue weighted by molar-refractivity contribution is 0.246. The first kappa shape index (κ1) is 22.5. The first-order valence-corrected chi connectivity index (χ1v) is 2.66. The Labute approximate surface area is 64.6 Å². The monoisotopic (exact) mass is 156 g/mol. The maximum Gasteiger partial charge on any atom is 0.102 e. The Hall–Kier alpha value is -0.140. The van der Waals surface area contributed by atoms with Gasteiger partial charge in [0, 0.05) is 0 Å². The predicted octanol–water partition coefficient (Wildman–Crippen LogP) is 4.00. The molecular formula is C8H22F2. The van der Waals surface area contributed by atoms with Crippen LogP contribution >= 0.6 is 0 Å². The Morgan fingerprint density at radius 1 is 1.10 bits per heavy atom. The van der Waals surface area contributed by atoms with E-state index >= 15 is 0 Å². The van der Waals surface area contributed by atoms with Gasteiger partial charge in [-0.3, -0.25) is 4.39 Å². The van der Waals surface area contributed by atoms with Crippen molar-refractivity contribution in [2.45, 2.75) is 48.2 Å². The van der Waals surface area contributed by atoms with Gasteiger partial charge in [-0.05, 0) is 27.7 Å². The van der Waals surface area contributed by atoms with Crippen LogP contribution in [-0.4, -0.2) is 12.3 Å². The molecule has 0 aliphatic heterocycles. The van der Waals surface area contributed by atoms with Gasteiger partial charge in [-0.15, -0.1) is 0 Å². The SMILES string of the molecule is C.C.CC(C)(C)F.CCF. The molecule has 0 saturated carbocycles. The molecule has 0 N–H and O–H groups in total. The molecular weight excluding hydrogens is 134 g/mol. The van der Waals surface area contributed by atoms with Crippen molar-refractivity contribution >= 4 is 0 Å². The van der Waals surface area contributed by atoms with Gasteiger partial charge in [0.05, 0.1) is 6.67 Å². The highest BCUT2D eigenvalue weighted by molar-refractivity contribution is 4.52. The fourth-order valence-electron chi connectivity index (χ4n) is 0. The van der Waals surface area contributed by atoms with E-state index in [-0.39, 0.29) is 21.5 Å². The zero-order valence-corrected chi connectivity index (χ0v) is 5.96. The lowest BCUT2D eigenvalue weighted by Crippen LogP contribution is -2.01. The second-order valence-corrected chi connectivity index (χ2v) is 2.33. The summed E-state index contributed by atoms with van der Waals surface area (Å²) in [6, 6.07) is 0. The number of hydrogen-bond acceptors (Lipinski definition) is 0. The Morgan fingerprint density at radius 2 is 1.10 bits per heavy atom. The highest BCUT2D eigenvalue weighted by atomic mass is 19.1. The maximum absolute atomic E-state index is 11.7. The summed E-state index contributed by atoms with van der Waals surface area (Å²) in [5, 5.41) is 0. The molecule has 2 heteroatoms. The van der Waals surface area contributed by atoms with Gasteiger partial charge < -0.3 is 0 Å². The van der Waals surface area contributed by atoms with Crippen molar-refractivity contribution in [3.63, 3.8) is 0 Å². The highest BCUT2D eigenvalue weighted by Crippen LogP contribution is 2.02. The molecule has 0 heterocycles. The molecule has 0 radical (unpaired) electrons. The summed E-state index contributed by atoms with van der Waals surface area (Å²) in [5.41, 5.74) is -1.00. The normalized spacial score (nSPS) is 7.80. The molecule has 0 aliphatic rings. The van der Waals surface area contributed by atoms with Crippen LogP contribution in [0.1, 0.15) is 42.5 Å². The lowest BCUT2D eigenvalue weighted by atomic mass is 10.2. The van der Waals surface area contributed by atoms with E-state index in [1.54, 1.807) is 0 Å². The minimum Gasteiger partial charge on any atom is -0.251 e. The summed E-state index contributed by atoms with van der Waals surface area (Å²) in [4.78, 5) is 0. The number of rotatable bonds is 0.